The Morgan fingerprint density at radius 1 is 1.50 bits per heavy atom. The molecule has 2 rings (SSSR count). The van der Waals surface area contributed by atoms with Gasteiger partial charge in [0.1, 0.15) is 17.5 Å². The molecule has 0 radical (unpaired) electrons. The Morgan fingerprint density at radius 3 is 2.80 bits per heavy atom. The van der Waals surface area contributed by atoms with Crippen LogP contribution in [0.25, 0.3) is 11.3 Å². The number of carboxylic acid groups (broad SMARTS) is 1. The molecular formula is C13H17N3O4. The van der Waals surface area contributed by atoms with E-state index in [9.17, 15) is 9.90 Å². The predicted molar refractivity (Wildman–Crippen MR) is 70.3 cm³/mol. The van der Waals surface area contributed by atoms with Crippen molar-refractivity contribution in [1.29, 1.82) is 0 Å². The third-order valence-corrected chi connectivity index (χ3v) is 3.09. The SMILES string of the molecule is Cc1c(-c2nocc2C(=O)O)cnn1CCC(C)(C)O. The number of carboxylic acids is 1. The largest absolute Gasteiger partial charge is 0.477 e. The van der Waals surface area contributed by atoms with Gasteiger partial charge in [0.15, 0.2) is 0 Å². The molecule has 0 saturated heterocycles. The van der Waals surface area contributed by atoms with Crippen LogP contribution in [0.4, 0.5) is 0 Å². The molecule has 2 aromatic rings. The molecule has 2 N–H and O–H groups in total. The summed E-state index contributed by atoms with van der Waals surface area (Å²) < 4.78 is 6.45. The maximum Gasteiger partial charge on any atom is 0.341 e. The molecule has 0 amide bonds. The molecule has 0 aromatic carbocycles. The lowest BCUT2D eigenvalue weighted by atomic mass is 10.1. The third kappa shape index (κ3) is 2.88. The van der Waals surface area contributed by atoms with Crippen LogP contribution < -0.4 is 0 Å². The van der Waals surface area contributed by atoms with Crippen molar-refractivity contribution in [3.05, 3.63) is 23.7 Å². The number of hydrogen-bond donors (Lipinski definition) is 2. The van der Waals surface area contributed by atoms with Crippen LogP contribution in [0.1, 0.15) is 36.3 Å². The molecule has 0 unspecified atom stereocenters. The molecular weight excluding hydrogens is 262 g/mol. The first-order chi connectivity index (χ1) is 9.29. The van der Waals surface area contributed by atoms with Gasteiger partial charge in [-0.25, -0.2) is 4.79 Å². The fourth-order valence-electron chi connectivity index (χ4n) is 1.87. The van der Waals surface area contributed by atoms with Crippen LogP contribution in [0.3, 0.4) is 0 Å². The van der Waals surface area contributed by atoms with Crippen LogP contribution in [-0.2, 0) is 6.54 Å². The topological polar surface area (TPSA) is 101 Å². The van der Waals surface area contributed by atoms with Crippen LogP contribution in [-0.4, -0.2) is 36.7 Å². The van der Waals surface area contributed by atoms with E-state index in [2.05, 4.69) is 10.3 Å². The first-order valence-electron chi connectivity index (χ1n) is 6.22. The summed E-state index contributed by atoms with van der Waals surface area (Å²) >= 11 is 0. The Bertz CT molecular complexity index is 622. The maximum atomic E-state index is 11.1. The quantitative estimate of drug-likeness (QED) is 0.863. The number of aliphatic hydroxyl groups is 1. The minimum Gasteiger partial charge on any atom is -0.477 e. The minimum absolute atomic E-state index is 0.00939. The summed E-state index contributed by atoms with van der Waals surface area (Å²) in [7, 11) is 0. The second kappa shape index (κ2) is 5.09. The van der Waals surface area contributed by atoms with Gasteiger partial charge in [0.25, 0.3) is 0 Å². The first kappa shape index (κ1) is 14.3. The van der Waals surface area contributed by atoms with E-state index < -0.39 is 11.6 Å². The van der Waals surface area contributed by atoms with Gasteiger partial charge in [-0.2, -0.15) is 5.10 Å². The van der Waals surface area contributed by atoms with Gasteiger partial charge in [-0.05, 0) is 27.2 Å². The molecule has 108 valence electrons. The lowest BCUT2D eigenvalue weighted by Crippen LogP contribution is -2.21. The standard InChI is InChI=1S/C13H17N3O4/c1-8-9(11-10(12(17)18)7-20-15-11)6-14-16(8)5-4-13(2,3)19/h6-7,19H,4-5H2,1-3H3,(H,17,18). The van der Waals surface area contributed by atoms with E-state index >= 15 is 0 Å². The summed E-state index contributed by atoms with van der Waals surface area (Å²) in [6.07, 6.45) is 3.20. The van der Waals surface area contributed by atoms with Crippen molar-refractivity contribution in [3.8, 4) is 11.3 Å². The Labute approximate surface area is 115 Å². The summed E-state index contributed by atoms with van der Waals surface area (Å²) in [6, 6.07) is 0. The number of carbonyl (C=O) groups is 1. The molecule has 7 heteroatoms. The molecule has 0 aliphatic carbocycles. The van der Waals surface area contributed by atoms with Crippen molar-refractivity contribution in [2.24, 2.45) is 0 Å². The van der Waals surface area contributed by atoms with E-state index in [1.54, 1.807) is 24.7 Å². The number of aromatic nitrogens is 3. The molecule has 0 aliphatic rings. The molecule has 0 aliphatic heterocycles. The molecule has 7 nitrogen and oxygen atoms in total. The van der Waals surface area contributed by atoms with E-state index in [4.69, 9.17) is 9.63 Å². The fraction of sp³-hybridized carbons (Fsp3) is 0.462. The number of hydrogen-bond acceptors (Lipinski definition) is 5. The molecule has 0 fully saturated rings. The van der Waals surface area contributed by atoms with Gasteiger partial charge in [-0.1, -0.05) is 5.16 Å². The zero-order valence-electron chi connectivity index (χ0n) is 11.6. The molecule has 0 spiro atoms. The van der Waals surface area contributed by atoms with Crippen LogP contribution in [0.15, 0.2) is 17.0 Å². The van der Waals surface area contributed by atoms with Crippen LogP contribution in [0.5, 0.6) is 0 Å². The Kier molecular flexibility index (Phi) is 3.63. The summed E-state index contributed by atoms with van der Waals surface area (Å²) in [5.74, 6) is -1.09. The molecule has 2 heterocycles. The zero-order valence-corrected chi connectivity index (χ0v) is 11.6. The van der Waals surface area contributed by atoms with Crippen molar-refractivity contribution >= 4 is 5.97 Å². The zero-order chi connectivity index (χ0) is 14.9. The highest BCUT2D eigenvalue weighted by molar-refractivity contribution is 5.94. The van der Waals surface area contributed by atoms with Crippen molar-refractivity contribution in [2.75, 3.05) is 0 Å². The van der Waals surface area contributed by atoms with E-state index in [1.165, 1.54) is 0 Å². The van der Waals surface area contributed by atoms with Gasteiger partial charge in [0.2, 0.25) is 0 Å². The highest BCUT2D eigenvalue weighted by atomic mass is 16.5. The van der Waals surface area contributed by atoms with Gasteiger partial charge in [-0.15, -0.1) is 0 Å². The average Bonchev–Trinajstić information content (AvgIpc) is 2.91. The summed E-state index contributed by atoms with van der Waals surface area (Å²) in [5.41, 5.74) is 0.899. The number of rotatable bonds is 5. The van der Waals surface area contributed by atoms with Gasteiger partial charge in [0.05, 0.1) is 11.8 Å². The average molecular weight is 279 g/mol. The van der Waals surface area contributed by atoms with Gasteiger partial charge in [-0.3, -0.25) is 4.68 Å². The predicted octanol–water partition coefficient (Wildman–Crippen LogP) is 1.71. The Balaban J connectivity index is 2.29. The smallest absolute Gasteiger partial charge is 0.341 e. The third-order valence-electron chi connectivity index (χ3n) is 3.09. The van der Waals surface area contributed by atoms with Crippen molar-refractivity contribution in [3.63, 3.8) is 0 Å². The highest BCUT2D eigenvalue weighted by Gasteiger charge is 2.21. The van der Waals surface area contributed by atoms with E-state index in [0.717, 1.165) is 12.0 Å². The molecule has 20 heavy (non-hydrogen) atoms. The minimum atomic E-state index is -1.09. The normalized spacial score (nSPS) is 11.8. The summed E-state index contributed by atoms with van der Waals surface area (Å²) in [4.78, 5) is 11.1. The second-order valence-electron chi connectivity index (χ2n) is 5.31. The highest BCUT2D eigenvalue weighted by Crippen LogP contribution is 2.25. The maximum absolute atomic E-state index is 11.1. The first-order valence-corrected chi connectivity index (χ1v) is 6.22. The molecule has 0 atom stereocenters. The van der Waals surface area contributed by atoms with Crippen molar-refractivity contribution in [1.82, 2.24) is 14.9 Å². The fourth-order valence-corrected chi connectivity index (χ4v) is 1.87. The van der Waals surface area contributed by atoms with E-state index in [-0.39, 0.29) is 11.3 Å². The van der Waals surface area contributed by atoms with Gasteiger partial charge < -0.3 is 14.7 Å². The number of nitrogens with zero attached hydrogens (tertiary/aromatic N) is 3. The van der Waals surface area contributed by atoms with Crippen LogP contribution >= 0.6 is 0 Å². The molecule has 0 bridgehead atoms. The second-order valence-corrected chi connectivity index (χ2v) is 5.31. The summed E-state index contributed by atoms with van der Waals surface area (Å²) in [5, 5.41) is 26.7. The van der Waals surface area contributed by atoms with Gasteiger partial charge >= 0.3 is 5.97 Å². The van der Waals surface area contributed by atoms with Crippen molar-refractivity contribution < 1.29 is 19.5 Å². The lowest BCUT2D eigenvalue weighted by molar-refractivity contribution is 0.0648. The van der Waals surface area contributed by atoms with Crippen LogP contribution in [0.2, 0.25) is 0 Å². The van der Waals surface area contributed by atoms with Crippen molar-refractivity contribution in [2.45, 2.75) is 39.3 Å². The van der Waals surface area contributed by atoms with Gasteiger partial charge in [0, 0.05) is 17.8 Å². The van der Waals surface area contributed by atoms with E-state index in [0.29, 0.717) is 18.5 Å². The number of aryl methyl sites for hydroxylation is 1. The number of aromatic carboxylic acids is 1. The monoisotopic (exact) mass is 279 g/mol. The molecule has 2 aromatic heterocycles. The van der Waals surface area contributed by atoms with Crippen LogP contribution in [0, 0.1) is 6.92 Å². The summed E-state index contributed by atoms with van der Waals surface area (Å²) in [6.45, 7) is 5.82. The van der Waals surface area contributed by atoms with E-state index in [1.807, 2.05) is 6.92 Å². The Morgan fingerprint density at radius 2 is 2.20 bits per heavy atom. The lowest BCUT2D eigenvalue weighted by Gasteiger charge is -2.17. The molecule has 0 saturated carbocycles. The Hall–Kier alpha value is -2.15.